The Morgan fingerprint density at radius 3 is 1.95 bits per heavy atom. The summed E-state index contributed by atoms with van der Waals surface area (Å²) in [6.45, 7) is -1.89. The highest BCUT2D eigenvalue weighted by Crippen LogP contribution is 2.35. The van der Waals surface area contributed by atoms with Gasteiger partial charge in [-0.2, -0.15) is 0 Å². The van der Waals surface area contributed by atoms with Gasteiger partial charge in [0.25, 0.3) is 0 Å². The van der Waals surface area contributed by atoms with Gasteiger partial charge in [0.15, 0.2) is 0 Å². The average Bonchev–Trinajstić information content (AvgIpc) is 2.51. The van der Waals surface area contributed by atoms with Crippen molar-refractivity contribution in [3.63, 3.8) is 0 Å². The van der Waals surface area contributed by atoms with Gasteiger partial charge in [-0.05, 0) is 0 Å². The maximum absolute atomic E-state index is 10.6. The largest absolute Gasteiger partial charge is 0.394 e. The highest BCUT2D eigenvalue weighted by atomic mass is 16.6. The van der Waals surface area contributed by atoms with Gasteiger partial charge in [0.1, 0.15) is 54.4 Å². The van der Waals surface area contributed by atoms with Gasteiger partial charge in [0.2, 0.25) is 0 Å². The fourth-order valence-corrected chi connectivity index (χ4v) is 2.85. The summed E-state index contributed by atoms with van der Waals surface area (Å²) in [4.78, 5) is 0. The minimum absolute atomic E-state index is 0.594. The van der Waals surface area contributed by atoms with E-state index < -0.39 is 74.3 Å². The van der Waals surface area contributed by atoms with E-state index >= 15 is 0 Å². The van der Waals surface area contributed by atoms with Gasteiger partial charge in [-0.3, -0.25) is 0 Å². The van der Waals surface area contributed by atoms with Gasteiger partial charge in [-0.25, -0.2) is 0 Å². The van der Waals surface area contributed by atoms with E-state index in [4.69, 9.17) is 19.7 Å². The molecule has 0 radical (unpaired) electrons. The standard InChI is InChI=1S/C12H22O10/c13-1-4-7(16)10(19)12(20,3-21-4)11-9(18)8(17)6(15)5(2-14)22-11/h4-11,13-20H,1-3H2/t4-,5-,6-,7-,8+,9+,10+,11-,12-/m1/s1. The van der Waals surface area contributed by atoms with Crippen LogP contribution in [0.25, 0.3) is 0 Å². The molecule has 22 heavy (non-hydrogen) atoms. The average molecular weight is 326 g/mol. The molecule has 0 aliphatic carbocycles. The van der Waals surface area contributed by atoms with Crippen LogP contribution in [0.1, 0.15) is 0 Å². The van der Waals surface area contributed by atoms with Gasteiger partial charge in [-0.1, -0.05) is 0 Å². The summed E-state index contributed by atoms with van der Waals surface area (Å²) in [6.07, 6.45) is -12.7. The van der Waals surface area contributed by atoms with Gasteiger partial charge in [0, 0.05) is 0 Å². The monoisotopic (exact) mass is 326 g/mol. The molecular weight excluding hydrogens is 304 g/mol. The van der Waals surface area contributed by atoms with Gasteiger partial charge < -0.3 is 50.3 Å². The third kappa shape index (κ3) is 2.76. The molecule has 2 aliphatic rings. The van der Waals surface area contributed by atoms with E-state index in [1.54, 1.807) is 0 Å². The molecule has 2 rings (SSSR count). The number of hydrogen-bond acceptors (Lipinski definition) is 10. The first kappa shape index (κ1) is 17.9. The van der Waals surface area contributed by atoms with Crippen LogP contribution in [-0.2, 0) is 9.47 Å². The van der Waals surface area contributed by atoms with Crippen molar-refractivity contribution in [1.29, 1.82) is 0 Å². The van der Waals surface area contributed by atoms with Crippen molar-refractivity contribution in [2.75, 3.05) is 19.8 Å². The summed E-state index contributed by atoms with van der Waals surface area (Å²) in [5, 5.41) is 78.1. The molecule has 0 bridgehead atoms. The highest BCUT2D eigenvalue weighted by molar-refractivity contribution is 5.08. The summed E-state index contributed by atoms with van der Waals surface area (Å²) < 4.78 is 10.2. The Morgan fingerprint density at radius 1 is 0.818 bits per heavy atom. The summed E-state index contributed by atoms with van der Waals surface area (Å²) >= 11 is 0. The van der Waals surface area contributed by atoms with E-state index in [0.29, 0.717) is 0 Å². The lowest BCUT2D eigenvalue weighted by Crippen LogP contribution is -2.73. The second kappa shape index (κ2) is 6.61. The maximum Gasteiger partial charge on any atom is 0.145 e. The molecule has 0 unspecified atom stereocenters. The molecule has 0 aromatic rings. The van der Waals surface area contributed by atoms with Gasteiger partial charge >= 0.3 is 0 Å². The predicted molar refractivity (Wildman–Crippen MR) is 67.6 cm³/mol. The zero-order valence-corrected chi connectivity index (χ0v) is 11.6. The molecule has 2 saturated heterocycles. The van der Waals surface area contributed by atoms with E-state index in [-0.39, 0.29) is 0 Å². The van der Waals surface area contributed by atoms with Crippen molar-refractivity contribution in [3.05, 3.63) is 0 Å². The smallest absolute Gasteiger partial charge is 0.145 e. The Kier molecular flexibility index (Phi) is 5.39. The molecule has 0 aromatic carbocycles. The van der Waals surface area contributed by atoms with E-state index in [1.807, 2.05) is 0 Å². The number of ether oxygens (including phenoxy) is 2. The van der Waals surface area contributed by atoms with Crippen molar-refractivity contribution >= 4 is 0 Å². The molecule has 10 heteroatoms. The van der Waals surface area contributed by atoms with Crippen LogP contribution in [0.5, 0.6) is 0 Å². The second-order valence-corrected chi connectivity index (χ2v) is 5.71. The van der Waals surface area contributed by atoms with Crippen molar-refractivity contribution < 1.29 is 50.3 Å². The Labute approximate surface area is 125 Å². The third-order valence-electron chi connectivity index (χ3n) is 4.31. The predicted octanol–water partition coefficient (Wildman–Crippen LogP) is -5.33. The first-order valence-corrected chi connectivity index (χ1v) is 6.89. The minimum Gasteiger partial charge on any atom is -0.394 e. The van der Waals surface area contributed by atoms with Crippen LogP contribution in [0.15, 0.2) is 0 Å². The molecule has 2 heterocycles. The lowest BCUT2D eigenvalue weighted by molar-refractivity contribution is -0.323. The first-order valence-electron chi connectivity index (χ1n) is 6.89. The third-order valence-corrected chi connectivity index (χ3v) is 4.31. The quantitative estimate of drug-likeness (QED) is 0.249. The van der Waals surface area contributed by atoms with E-state index in [9.17, 15) is 30.6 Å². The normalized spacial score (nSPS) is 53.5. The molecule has 0 aromatic heterocycles. The lowest BCUT2D eigenvalue weighted by atomic mass is 9.78. The van der Waals surface area contributed by atoms with Gasteiger partial charge in [0.05, 0.1) is 19.8 Å². The second-order valence-electron chi connectivity index (χ2n) is 5.71. The summed E-state index contributed by atoms with van der Waals surface area (Å²) in [5.41, 5.74) is -2.31. The summed E-state index contributed by atoms with van der Waals surface area (Å²) in [5.74, 6) is 0. The molecule has 2 fully saturated rings. The van der Waals surface area contributed by atoms with Gasteiger partial charge in [-0.15, -0.1) is 0 Å². The highest BCUT2D eigenvalue weighted by Gasteiger charge is 2.59. The van der Waals surface area contributed by atoms with Crippen LogP contribution >= 0.6 is 0 Å². The molecule has 0 amide bonds. The summed E-state index contributed by atoms with van der Waals surface area (Å²) in [7, 11) is 0. The molecular formula is C12H22O10. The van der Waals surface area contributed by atoms with Crippen molar-refractivity contribution in [2.45, 2.75) is 54.4 Å². The summed E-state index contributed by atoms with van der Waals surface area (Å²) in [6, 6.07) is 0. The Morgan fingerprint density at radius 2 is 1.41 bits per heavy atom. The number of aliphatic hydroxyl groups is 8. The van der Waals surface area contributed by atoms with E-state index in [1.165, 1.54) is 0 Å². The van der Waals surface area contributed by atoms with Crippen molar-refractivity contribution in [2.24, 2.45) is 0 Å². The molecule has 0 spiro atoms. The Hall–Kier alpha value is -0.400. The van der Waals surface area contributed by atoms with Crippen LogP contribution in [0.2, 0.25) is 0 Å². The van der Waals surface area contributed by atoms with Crippen LogP contribution < -0.4 is 0 Å². The zero-order valence-electron chi connectivity index (χ0n) is 11.6. The Balaban J connectivity index is 2.24. The fourth-order valence-electron chi connectivity index (χ4n) is 2.85. The zero-order chi connectivity index (χ0) is 16.7. The first-order chi connectivity index (χ1) is 10.3. The van der Waals surface area contributed by atoms with E-state index in [0.717, 1.165) is 0 Å². The van der Waals surface area contributed by atoms with E-state index in [2.05, 4.69) is 0 Å². The molecule has 130 valence electrons. The molecule has 10 nitrogen and oxygen atoms in total. The van der Waals surface area contributed by atoms with Crippen molar-refractivity contribution in [1.82, 2.24) is 0 Å². The Bertz CT molecular complexity index is 379. The van der Waals surface area contributed by atoms with Crippen LogP contribution in [0.3, 0.4) is 0 Å². The van der Waals surface area contributed by atoms with Crippen LogP contribution in [-0.4, -0.2) is 115 Å². The SMILES string of the molecule is OC[C@H]1OC[C@](O)([C@@H]2O[C@H](CO)[C@@H](O)[C@H](O)[C@@H]2O)[C@@H](O)[C@@H]1O. The topological polar surface area (TPSA) is 180 Å². The number of hydrogen-bond donors (Lipinski definition) is 8. The molecule has 9 atom stereocenters. The van der Waals surface area contributed by atoms with Crippen molar-refractivity contribution in [3.8, 4) is 0 Å². The molecule has 8 N–H and O–H groups in total. The molecule has 0 saturated carbocycles. The number of rotatable bonds is 3. The minimum atomic E-state index is -2.31. The maximum atomic E-state index is 10.6. The fraction of sp³-hybridized carbons (Fsp3) is 1.00. The van der Waals surface area contributed by atoms with Crippen LogP contribution in [0.4, 0.5) is 0 Å². The lowest BCUT2D eigenvalue weighted by Gasteiger charge is -2.51. The number of aliphatic hydroxyl groups excluding tert-OH is 7. The molecule has 2 aliphatic heterocycles. The van der Waals surface area contributed by atoms with Crippen LogP contribution in [0, 0.1) is 0 Å².